The van der Waals surface area contributed by atoms with E-state index in [1.165, 1.54) is 17.0 Å². The van der Waals surface area contributed by atoms with Gasteiger partial charge in [0.1, 0.15) is 0 Å². The molecule has 0 saturated heterocycles. The SMILES string of the molecule is Nc1ccc(N)c(C=CC(=O)Nc2c(N)cnn2CCO)c1. The molecule has 2 rings (SSSR count). The van der Waals surface area contributed by atoms with Crippen LogP contribution in [0.2, 0.25) is 0 Å². The minimum absolute atomic E-state index is 0.111. The van der Waals surface area contributed by atoms with E-state index >= 15 is 0 Å². The van der Waals surface area contributed by atoms with Crippen LogP contribution < -0.4 is 22.5 Å². The molecule has 8 N–H and O–H groups in total. The van der Waals surface area contributed by atoms with E-state index in [0.717, 1.165) is 0 Å². The lowest BCUT2D eigenvalue weighted by atomic mass is 10.1. The van der Waals surface area contributed by atoms with E-state index < -0.39 is 5.91 Å². The average molecular weight is 302 g/mol. The third-order valence-corrected chi connectivity index (χ3v) is 2.95. The van der Waals surface area contributed by atoms with Gasteiger partial charge in [0, 0.05) is 17.5 Å². The van der Waals surface area contributed by atoms with Crippen LogP contribution in [0.4, 0.5) is 22.9 Å². The van der Waals surface area contributed by atoms with Crippen LogP contribution in [0.5, 0.6) is 0 Å². The van der Waals surface area contributed by atoms with Gasteiger partial charge in [-0.05, 0) is 29.8 Å². The second-order valence-electron chi connectivity index (χ2n) is 4.61. The number of nitrogens with two attached hydrogens (primary N) is 3. The summed E-state index contributed by atoms with van der Waals surface area (Å²) in [5, 5.41) is 15.5. The molecule has 0 saturated carbocycles. The first-order chi connectivity index (χ1) is 10.5. The van der Waals surface area contributed by atoms with E-state index in [2.05, 4.69) is 10.4 Å². The summed E-state index contributed by atoms with van der Waals surface area (Å²) in [7, 11) is 0. The number of nitrogens with zero attached hydrogens (tertiary/aromatic N) is 2. The lowest BCUT2D eigenvalue weighted by molar-refractivity contribution is -0.111. The van der Waals surface area contributed by atoms with E-state index in [1.807, 2.05) is 0 Å². The summed E-state index contributed by atoms with van der Waals surface area (Å²) in [4.78, 5) is 12.0. The van der Waals surface area contributed by atoms with Gasteiger partial charge in [0.25, 0.3) is 0 Å². The molecule has 1 aromatic heterocycles. The predicted molar refractivity (Wildman–Crippen MR) is 86.7 cm³/mol. The predicted octanol–water partition coefficient (Wildman–Crippen LogP) is 0.274. The van der Waals surface area contributed by atoms with E-state index in [-0.39, 0.29) is 13.2 Å². The number of nitrogen functional groups attached to an aromatic ring is 3. The first-order valence-electron chi connectivity index (χ1n) is 6.57. The molecule has 0 unspecified atom stereocenters. The molecular formula is C14H18N6O2. The highest BCUT2D eigenvalue weighted by Gasteiger charge is 2.10. The Bertz CT molecular complexity index is 707. The largest absolute Gasteiger partial charge is 0.399 e. The Kier molecular flexibility index (Phi) is 4.64. The number of aliphatic hydroxyl groups excluding tert-OH is 1. The molecule has 0 aliphatic rings. The van der Waals surface area contributed by atoms with Gasteiger partial charge in [0.2, 0.25) is 5.91 Å². The van der Waals surface area contributed by atoms with Crippen LogP contribution >= 0.6 is 0 Å². The van der Waals surface area contributed by atoms with Gasteiger partial charge in [0.05, 0.1) is 25.0 Å². The van der Waals surface area contributed by atoms with Gasteiger partial charge in [-0.15, -0.1) is 0 Å². The maximum atomic E-state index is 12.0. The summed E-state index contributed by atoms with van der Waals surface area (Å²) in [6.45, 7) is 0.123. The van der Waals surface area contributed by atoms with Crippen LogP contribution in [0.1, 0.15) is 5.56 Å². The molecule has 0 atom stereocenters. The van der Waals surface area contributed by atoms with Crippen LogP contribution in [0, 0.1) is 0 Å². The van der Waals surface area contributed by atoms with Gasteiger partial charge in [-0.1, -0.05) is 0 Å². The highest BCUT2D eigenvalue weighted by Crippen LogP contribution is 2.19. The zero-order valence-corrected chi connectivity index (χ0v) is 11.9. The lowest BCUT2D eigenvalue weighted by Gasteiger charge is -2.07. The zero-order valence-electron chi connectivity index (χ0n) is 11.9. The number of hydrogen-bond donors (Lipinski definition) is 5. The Balaban J connectivity index is 2.11. The number of rotatable bonds is 5. The number of anilines is 4. The second kappa shape index (κ2) is 6.64. The molecule has 8 heteroatoms. The van der Waals surface area contributed by atoms with Crippen molar-refractivity contribution in [3.8, 4) is 0 Å². The molecular weight excluding hydrogens is 284 g/mol. The molecule has 1 heterocycles. The van der Waals surface area contributed by atoms with E-state index in [9.17, 15) is 4.79 Å². The quantitative estimate of drug-likeness (QED) is 0.396. The molecule has 0 fully saturated rings. The number of aromatic nitrogens is 2. The van der Waals surface area contributed by atoms with Crippen molar-refractivity contribution in [1.29, 1.82) is 0 Å². The fourth-order valence-corrected chi connectivity index (χ4v) is 1.86. The molecule has 22 heavy (non-hydrogen) atoms. The molecule has 1 amide bonds. The number of amides is 1. The molecule has 2 aromatic rings. The fraction of sp³-hybridized carbons (Fsp3) is 0.143. The Hall–Kier alpha value is -3.00. The van der Waals surface area contributed by atoms with Crippen molar-refractivity contribution in [3.63, 3.8) is 0 Å². The van der Waals surface area contributed by atoms with Crippen LogP contribution in [-0.2, 0) is 11.3 Å². The molecule has 8 nitrogen and oxygen atoms in total. The smallest absolute Gasteiger partial charge is 0.249 e. The molecule has 0 aliphatic carbocycles. The lowest BCUT2D eigenvalue weighted by Crippen LogP contribution is -2.15. The Morgan fingerprint density at radius 3 is 2.82 bits per heavy atom. The number of hydrogen-bond acceptors (Lipinski definition) is 6. The van der Waals surface area contributed by atoms with Gasteiger partial charge in [0.15, 0.2) is 5.82 Å². The van der Waals surface area contributed by atoms with Crippen molar-refractivity contribution in [2.45, 2.75) is 6.54 Å². The van der Waals surface area contributed by atoms with Gasteiger partial charge in [-0.3, -0.25) is 4.79 Å². The third kappa shape index (κ3) is 3.55. The van der Waals surface area contributed by atoms with Crippen molar-refractivity contribution in [3.05, 3.63) is 36.0 Å². The molecule has 0 bridgehead atoms. The Labute approximate surface area is 127 Å². The minimum atomic E-state index is -0.395. The molecule has 0 spiro atoms. The zero-order chi connectivity index (χ0) is 16.1. The first kappa shape index (κ1) is 15.4. The number of benzene rings is 1. The first-order valence-corrected chi connectivity index (χ1v) is 6.57. The molecule has 0 aliphatic heterocycles. The maximum absolute atomic E-state index is 12.0. The molecule has 1 aromatic carbocycles. The number of carbonyl (C=O) groups excluding carboxylic acids is 1. The summed E-state index contributed by atoms with van der Waals surface area (Å²) >= 11 is 0. The topological polar surface area (TPSA) is 145 Å². The van der Waals surface area contributed by atoms with Crippen LogP contribution in [0.25, 0.3) is 6.08 Å². The van der Waals surface area contributed by atoms with Crippen LogP contribution in [-0.4, -0.2) is 27.4 Å². The van der Waals surface area contributed by atoms with E-state index in [4.69, 9.17) is 22.3 Å². The number of carbonyl (C=O) groups is 1. The molecule has 116 valence electrons. The summed E-state index contributed by atoms with van der Waals surface area (Å²) in [5.74, 6) is -0.0579. The average Bonchev–Trinajstić information content (AvgIpc) is 2.82. The van der Waals surface area contributed by atoms with Gasteiger partial charge in [-0.2, -0.15) is 5.10 Å². The highest BCUT2D eigenvalue weighted by atomic mass is 16.3. The van der Waals surface area contributed by atoms with Gasteiger partial charge < -0.3 is 27.6 Å². The summed E-state index contributed by atoms with van der Waals surface area (Å²) in [6.07, 6.45) is 4.29. The van der Waals surface area contributed by atoms with Crippen molar-refractivity contribution in [2.75, 3.05) is 29.1 Å². The van der Waals surface area contributed by atoms with Crippen molar-refractivity contribution < 1.29 is 9.90 Å². The Morgan fingerprint density at radius 1 is 1.32 bits per heavy atom. The fourth-order valence-electron chi connectivity index (χ4n) is 1.86. The highest BCUT2D eigenvalue weighted by molar-refractivity contribution is 6.03. The Morgan fingerprint density at radius 2 is 2.09 bits per heavy atom. The van der Waals surface area contributed by atoms with Crippen molar-refractivity contribution in [1.82, 2.24) is 9.78 Å². The minimum Gasteiger partial charge on any atom is -0.399 e. The standard InChI is InChI=1S/C14H18N6O2/c15-10-2-3-11(16)9(7-10)1-4-13(22)19-14-12(17)8-18-20(14)5-6-21/h1-4,7-8,21H,5-6,15-17H2,(H,19,22). The van der Waals surface area contributed by atoms with E-state index in [1.54, 1.807) is 24.3 Å². The summed E-state index contributed by atoms with van der Waals surface area (Å²) < 4.78 is 1.41. The van der Waals surface area contributed by atoms with Crippen molar-refractivity contribution >= 4 is 34.9 Å². The summed E-state index contributed by atoms with van der Waals surface area (Å²) in [6, 6.07) is 5.02. The summed E-state index contributed by atoms with van der Waals surface area (Å²) in [5.41, 5.74) is 19.2. The normalized spacial score (nSPS) is 11.0. The second-order valence-corrected chi connectivity index (χ2v) is 4.61. The van der Waals surface area contributed by atoms with Crippen molar-refractivity contribution in [2.24, 2.45) is 0 Å². The van der Waals surface area contributed by atoms with E-state index in [0.29, 0.717) is 28.4 Å². The van der Waals surface area contributed by atoms with Gasteiger partial charge in [-0.25, -0.2) is 4.68 Å². The van der Waals surface area contributed by atoms with Gasteiger partial charge >= 0.3 is 0 Å². The number of aliphatic hydroxyl groups is 1. The molecule has 0 radical (unpaired) electrons. The number of nitrogens with one attached hydrogen (secondary N) is 1. The third-order valence-electron chi connectivity index (χ3n) is 2.95. The van der Waals surface area contributed by atoms with Crippen LogP contribution in [0.3, 0.4) is 0 Å². The monoisotopic (exact) mass is 302 g/mol. The maximum Gasteiger partial charge on any atom is 0.249 e. The van der Waals surface area contributed by atoms with Crippen LogP contribution in [0.15, 0.2) is 30.5 Å².